The van der Waals surface area contributed by atoms with Crippen molar-refractivity contribution in [3.8, 4) is 5.75 Å². The second kappa shape index (κ2) is 8.59. The van der Waals surface area contributed by atoms with Crippen LogP contribution in [0.1, 0.15) is 41.4 Å². The van der Waals surface area contributed by atoms with Crippen molar-refractivity contribution in [3.05, 3.63) is 63.8 Å². The van der Waals surface area contributed by atoms with E-state index in [0.717, 1.165) is 35.2 Å². The van der Waals surface area contributed by atoms with Gasteiger partial charge in [-0.05, 0) is 66.5 Å². The molecule has 2 heterocycles. The van der Waals surface area contributed by atoms with Crippen molar-refractivity contribution in [2.75, 3.05) is 19.7 Å². The van der Waals surface area contributed by atoms with E-state index in [4.69, 9.17) is 4.74 Å². The molecule has 1 aliphatic rings. The van der Waals surface area contributed by atoms with Gasteiger partial charge >= 0.3 is 5.97 Å². The van der Waals surface area contributed by atoms with Crippen molar-refractivity contribution in [3.63, 3.8) is 0 Å². The molecule has 1 saturated heterocycles. The first-order valence-electron chi connectivity index (χ1n) is 10.1. The highest BCUT2D eigenvalue weighted by molar-refractivity contribution is 9.10. The first-order valence-corrected chi connectivity index (χ1v) is 10.8. The number of phenols is 1. The van der Waals surface area contributed by atoms with E-state index in [9.17, 15) is 9.90 Å². The first kappa shape index (κ1) is 20.0. The van der Waals surface area contributed by atoms with Crippen LogP contribution in [0.5, 0.6) is 5.75 Å². The molecule has 6 heteroatoms. The maximum absolute atomic E-state index is 13.0. The summed E-state index contributed by atoms with van der Waals surface area (Å²) in [6, 6.07) is 13.8. The van der Waals surface area contributed by atoms with Crippen LogP contribution < -0.4 is 0 Å². The smallest absolute Gasteiger partial charge is 0.340 e. The Balaban J connectivity index is 1.92. The SMILES string of the molecule is CCOC(=O)c1c(CN2CCCC2)n(Cc2ccccc2)c2cc(Br)c(O)cc12. The van der Waals surface area contributed by atoms with Crippen LogP contribution in [-0.2, 0) is 17.8 Å². The molecule has 0 bridgehead atoms. The number of carbonyl (C=O) groups is 1. The lowest BCUT2D eigenvalue weighted by Gasteiger charge is -2.19. The van der Waals surface area contributed by atoms with Crippen molar-refractivity contribution >= 4 is 32.8 Å². The molecule has 0 amide bonds. The van der Waals surface area contributed by atoms with Gasteiger partial charge in [-0.15, -0.1) is 0 Å². The molecule has 3 aromatic rings. The Morgan fingerprint density at radius 3 is 2.55 bits per heavy atom. The van der Waals surface area contributed by atoms with Crippen LogP contribution in [0.4, 0.5) is 0 Å². The minimum Gasteiger partial charge on any atom is -0.507 e. The van der Waals surface area contributed by atoms with Gasteiger partial charge in [0.15, 0.2) is 0 Å². The molecule has 1 N–H and O–H groups in total. The van der Waals surface area contributed by atoms with Gasteiger partial charge in [-0.25, -0.2) is 4.79 Å². The van der Waals surface area contributed by atoms with Crippen LogP contribution in [0.25, 0.3) is 10.9 Å². The zero-order chi connectivity index (χ0) is 20.4. The molecule has 5 nitrogen and oxygen atoms in total. The number of phenolic OH excluding ortho intramolecular Hbond substituents is 1. The lowest BCUT2D eigenvalue weighted by Crippen LogP contribution is -2.23. The number of nitrogens with zero attached hydrogens (tertiary/aromatic N) is 2. The number of hydrogen-bond donors (Lipinski definition) is 1. The third-order valence-electron chi connectivity index (χ3n) is 5.47. The van der Waals surface area contributed by atoms with Gasteiger partial charge in [-0.3, -0.25) is 4.90 Å². The van der Waals surface area contributed by atoms with Gasteiger partial charge in [0, 0.05) is 24.2 Å². The van der Waals surface area contributed by atoms with Gasteiger partial charge in [0.25, 0.3) is 0 Å². The third kappa shape index (κ3) is 4.05. The minimum atomic E-state index is -0.333. The summed E-state index contributed by atoms with van der Waals surface area (Å²) >= 11 is 3.44. The molecule has 1 fully saturated rings. The average molecular weight is 457 g/mol. The van der Waals surface area contributed by atoms with E-state index >= 15 is 0 Å². The molecule has 0 aliphatic carbocycles. The highest BCUT2D eigenvalue weighted by Crippen LogP contribution is 2.36. The van der Waals surface area contributed by atoms with E-state index in [1.165, 1.54) is 12.8 Å². The van der Waals surface area contributed by atoms with Crippen LogP contribution in [0, 0.1) is 0 Å². The monoisotopic (exact) mass is 456 g/mol. The number of aromatic nitrogens is 1. The van der Waals surface area contributed by atoms with E-state index in [2.05, 4.69) is 37.5 Å². The highest BCUT2D eigenvalue weighted by Gasteiger charge is 2.27. The van der Waals surface area contributed by atoms with E-state index in [1.54, 1.807) is 6.07 Å². The summed E-state index contributed by atoms with van der Waals surface area (Å²) in [7, 11) is 0. The number of esters is 1. The summed E-state index contributed by atoms with van der Waals surface area (Å²) in [6.45, 7) is 5.53. The molecule has 0 unspecified atom stereocenters. The number of rotatable bonds is 6. The Morgan fingerprint density at radius 2 is 1.86 bits per heavy atom. The van der Waals surface area contributed by atoms with Gasteiger partial charge in [0.2, 0.25) is 0 Å². The topological polar surface area (TPSA) is 54.7 Å². The average Bonchev–Trinajstić information content (AvgIpc) is 3.31. The Bertz CT molecular complexity index is 1020. The number of aromatic hydroxyl groups is 1. The molecule has 4 rings (SSSR count). The Kier molecular flexibility index (Phi) is 5.92. The Labute approximate surface area is 179 Å². The predicted octanol–water partition coefficient (Wildman–Crippen LogP) is 4.93. The summed E-state index contributed by atoms with van der Waals surface area (Å²) < 4.78 is 8.22. The molecule has 2 aromatic carbocycles. The number of halogens is 1. The molecule has 0 radical (unpaired) electrons. The number of likely N-dealkylation sites (tertiary alicyclic amines) is 1. The third-order valence-corrected chi connectivity index (χ3v) is 6.11. The van der Waals surface area contributed by atoms with E-state index in [0.29, 0.717) is 29.7 Å². The number of carbonyl (C=O) groups excluding carboxylic acids is 1. The summed E-state index contributed by atoms with van der Waals surface area (Å²) in [5, 5.41) is 11.0. The van der Waals surface area contributed by atoms with Crippen LogP contribution in [-0.4, -0.2) is 40.2 Å². The second-order valence-corrected chi connectivity index (χ2v) is 8.27. The zero-order valence-corrected chi connectivity index (χ0v) is 18.1. The van der Waals surface area contributed by atoms with Crippen molar-refractivity contribution in [1.29, 1.82) is 0 Å². The summed E-state index contributed by atoms with van der Waals surface area (Å²) in [5.41, 5.74) is 3.58. The van der Waals surface area contributed by atoms with Crippen LogP contribution in [0.15, 0.2) is 46.9 Å². The van der Waals surface area contributed by atoms with Gasteiger partial charge in [-0.2, -0.15) is 0 Å². The Morgan fingerprint density at radius 1 is 1.14 bits per heavy atom. The molecule has 1 aliphatic heterocycles. The van der Waals surface area contributed by atoms with Crippen molar-refractivity contribution in [1.82, 2.24) is 9.47 Å². The van der Waals surface area contributed by atoms with Crippen LogP contribution >= 0.6 is 15.9 Å². The van der Waals surface area contributed by atoms with Crippen LogP contribution in [0.2, 0.25) is 0 Å². The highest BCUT2D eigenvalue weighted by atomic mass is 79.9. The molecular formula is C23H25BrN2O3. The largest absolute Gasteiger partial charge is 0.507 e. The standard InChI is InChI=1S/C23H25BrN2O3/c1-2-29-23(28)22-17-12-21(27)18(24)13-19(17)26(14-16-8-4-3-5-9-16)20(22)15-25-10-6-7-11-25/h3-5,8-9,12-13,27H,2,6-7,10-11,14-15H2,1H3. The van der Waals surface area contributed by atoms with E-state index in [-0.39, 0.29) is 11.7 Å². The summed E-state index contributed by atoms with van der Waals surface area (Å²) in [4.78, 5) is 15.4. The predicted molar refractivity (Wildman–Crippen MR) is 117 cm³/mol. The van der Waals surface area contributed by atoms with E-state index in [1.807, 2.05) is 31.2 Å². The van der Waals surface area contributed by atoms with Crippen molar-refractivity contribution in [2.24, 2.45) is 0 Å². The lowest BCUT2D eigenvalue weighted by molar-refractivity contribution is 0.0526. The van der Waals surface area contributed by atoms with Crippen molar-refractivity contribution < 1.29 is 14.6 Å². The fourth-order valence-electron chi connectivity index (χ4n) is 4.11. The molecule has 1 aromatic heterocycles. The quantitative estimate of drug-likeness (QED) is 0.534. The minimum absolute atomic E-state index is 0.118. The Hall–Kier alpha value is -2.31. The molecular weight excluding hydrogens is 432 g/mol. The van der Waals surface area contributed by atoms with Gasteiger partial charge in [0.1, 0.15) is 5.75 Å². The maximum Gasteiger partial charge on any atom is 0.340 e. The lowest BCUT2D eigenvalue weighted by atomic mass is 10.1. The second-order valence-electron chi connectivity index (χ2n) is 7.42. The summed E-state index contributed by atoms with van der Waals surface area (Å²) in [5.74, 6) is -0.215. The fourth-order valence-corrected chi connectivity index (χ4v) is 4.44. The summed E-state index contributed by atoms with van der Waals surface area (Å²) in [6.07, 6.45) is 2.36. The number of benzene rings is 2. The molecule has 0 spiro atoms. The van der Waals surface area contributed by atoms with E-state index < -0.39 is 0 Å². The molecule has 29 heavy (non-hydrogen) atoms. The van der Waals surface area contributed by atoms with Gasteiger partial charge in [0.05, 0.1) is 22.2 Å². The van der Waals surface area contributed by atoms with Crippen molar-refractivity contribution in [2.45, 2.75) is 32.9 Å². The molecule has 0 saturated carbocycles. The number of hydrogen-bond acceptors (Lipinski definition) is 4. The fraction of sp³-hybridized carbons (Fsp3) is 0.348. The number of ether oxygens (including phenoxy) is 1. The first-order chi connectivity index (χ1) is 14.1. The number of fused-ring (bicyclic) bond motifs is 1. The maximum atomic E-state index is 13.0. The zero-order valence-electron chi connectivity index (χ0n) is 16.5. The van der Waals surface area contributed by atoms with Gasteiger partial charge < -0.3 is 14.4 Å². The molecule has 152 valence electrons. The normalized spacial score (nSPS) is 14.6. The molecule has 0 atom stereocenters. The van der Waals surface area contributed by atoms with Gasteiger partial charge in [-0.1, -0.05) is 30.3 Å². The van der Waals surface area contributed by atoms with Crippen LogP contribution in [0.3, 0.4) is 0 Å².